The highest BCUT2D eigenvalue weighted by atomic mass is 19.4. The number of benzene rings is 1. The molecule has 0 spiro atoms. The normalized spacial score (nSPS) is 13.1. The average molecular weight is 326 g/mol. The first-order valence-corrected chi connectivity index (χ1v) is 7.09. The molecular weight excluding hydrogens is 309 g/mol. The van der Waals surface area contributed by atoms with Crippen LogP contribution in [0.1, 0.15) is 29.8 Å². The van der Waals surface area contributed by atoms with Gasteiger partial charge in [0, 0.05) is 5.56 Å². The third-order valence-electron chi connectivity index (χ3n) is 3.42. The Bertz CT molecular complexity index is 636. The van der Waals surface area contributed by atoms with Crippen molar-refractivity contribution < 1.29 is 18.0 Å². The molecule has 1 aromatic heterocycles. The number of nitrogens with zero attached hydrogens (tertiary/aromatic N) is 3. The van der Waals surface area contributed by atoms with Crippen LogP contribution in [-0.2, 0) is 12.7 Å². The van der Waals surface area contributed by atoms with E-state index in [0.717, 1.165) is 12.1 Å². The molecule has 1 heterocycles. The molecule has 1 aromatic carbocycles. The van der Waals surface area contributed by atoms with Gasteiger partial charge >= 0.3 is 6.18 Å². The van der Waals surface area contributed by atoms with Crippen LogP contribution in [0.15, 0.2) is 36.7 Å². The Hall–Kier alpha value is -2.38. The molecule has 0 bridgehead atoms. The Kier molecular flexibility index (Phi) is 5.02. The summed E-state index contributed by atoms with van der Waals surface area (Å²) in [6.45, 7) is 4.25. The Balaban J connectivity index is 2.06. The summed E-state index contributed by atoms with van der Waals surface area (Å²) >= 11 is 0. The number of aromatic nitrogens is 3. The van der Waals surface area contributed by atoms with Crippen LogP contribution >= 0.6 is 0 Å². The van der Waals surface area contributed by atoms with E-state index in [1.807, 2.05) is 13.8 Å². The summed E-state index contributed by atoms with van der Waals surface area (Å²) < 4.78 is 37.6. The van der Waals surface area contributed by atoms with Gasteiger partial charge in [0.1, 0.15) is 0 Å². The largest absolute Gasteiger partial charge is 0.416 e. The zero-order valence-corrected chi connectivity index (χ0v) is 12.7. The van der Waals surface area contributed by atoms with Crippen LogP contribution in [-0.4, -0.2) is 26.9 Å². The summed E-state index contributed by atoms with van der Waals surface area (Å²) in [5.41, 5.74) is -0.604. The number of amides is 1. The molecule has 2 aromatic rings. The van der Waals surface area contributed by atoms with Crippen molar-refractivity contribution in [2.24, 2.45) is 5.92 Å². The third-order valence-corrected chi connectivity index (χ3v) is 3.42. The molecule has 8 heteroatoms. The van der Waals surface area contributed by atoms with E-state index in [1.54, 1.807) is 0 Å². The van der Waals surface area contributed by atoms with Crippen LogP contribution in [0.2, 0.25) is 0 Å². The van der Waals surface area contributed by atoms with E-state index >= 15 is 0 Å². The van der Waals surface area contributed by atoms with Gasteiger partial charge in [-0.15, -0.1) is 0 Å². The third kappa shape index (κ3) is 4.54. The SMILES string of the molecule is CC(C)C(Cn1nccn1)NC(=O)c1ccc(C(F)(F)F)cc1. The fraction of sp³-hybridized carbons (Fsp3) is 0.400. The predicted molar refractivity (Wildman–Crippen MR) is 77.6 cm³/mol. The van der Waals surface area contributed by atoms with Gasteiger partial charge in [0.15, 0.2) is 0 Å². The van der Waals surface area contributed by atoms with Crippen molar-refractivity contribution in [2.75, 3.05) is 0 Å². The first kappa shape index (κ1) is 17.0. The number of carbonyl (C=O) groups excluding carboxylic acids is 1. The van der Waals surface area contributed by atoms with Gasteiger partial charge in [-0.3, -0.25) is 4.79 Å². The van der Waals surface area contributed by atoms with Gasteiger partial charge in [-0.2, -0.15) is 28.2 Å². The van der Waals surface area contributed by atoms with E-state index in [-0.39, 0.29) is 17.5 Å². The maximum Gasteiger partial charge on any atom is 0.416 e. The molecule has 1 amide bonds. The maximum absolute atomic E-state index is 12.5. The van der Waals surface area contributed by atoms with E-state index < -0.39 is 17.6 Å². The average Bonchev–Trinajstić information content (AvgIpc) is 2.98. The lowest BCUT2D eigenvalue weighted by Gasteiger charge is -2.22. The van der Waals surface area contributed by atoms with Crippen molar-refractivity contribution in [1.29, 1.82) is 0 Å². The lowest BCUT2D eigenvalue weighted by atomic mass is 10.0. The van der Waals surface area contributed by atoms with Gasteiger partial charge in [0.25, 0.3) is 5.91 Å². The van der Waals surface area contributed by atoms with Crippen LogP contribution in [0.4, 0.5) is 13.2 Å². The van der Waals surface area contributed by atoms with Crippen molar-refractivity contribution in [3.63, 3.8) is 0 Å². The standard InChI is InChI=1S/C15H17F3N4O/c1-10(2)13(9-22-19-7-8-20-22)21-14(23)11-3-5-12(6-4-11)15(16,17)18/h3-8,10,13H,9H2,1-2H3,(H,21,23). The molecule has 0 radical (unpaired) electrons. The molecule has 0 saturated heterocycles. The molecule has 2 rings (SSSR count). The molecule has 5 nitrogen and oxygen atoms in total. The second-order valence-corrected chi connectivity index (χ2v) is 5.48. The molecular formula is C15H17F3N4O. The highest BCUT2D eigenvalue weighted by Gasteiger charge is 2.30. The van der Waals surface area contributed by atoms with E-state index in [9.17, 15) is 18.0 Å². The summed E-state index contributed by atoms with van der Waals surface area (Å²) in [5, 5.41) is 10.8. The van der Waals surface area contributed by atoms with Gasteiger partial charge in [-0.25, -0.2) is 0 Å². The zero-order chi connectivity index (χ0) is 17.0. The second kappa shape index (κ2) is 6.80. The van der Waals surface area contributed by atoms with Crippen molar-refractivity contribution in [3.8, 4) is 0 Å². The van der Waals surface area contributed by atoms with Crippen molar-refractivity contribution in [2.45, 2.75) is 32.6 Å². The van der Waals surface area contributed by atoms with Gasteiger partial charge in [0.05, 0.1) is 30.5 Å². The molecule has 0 aliphatic rings. The molecule has 1 unspecified atom stereocenters. The summed E-state index contributed by atoms with van der Waals surface area (Å²) in [5.74, 6) is -0.316. The van der Waals surface area contributed by atoms with E-state index in [2.05, 4.69) is 15.5 Å². The predicted octanol–water partition coefficient (Wildman–Crippen LogP) is 2.75. The van der Waals surface area contributed by atoms with Gasteiger partial charge < -0.3 is 5.32 Å². The monoisotopic (exact) mass is 326 g/mol. The molecule has 0 fully saturated rings. The number of carbonyl (C=O) groups is 1. The van der Waals surface area contributed by atoms with Crippen molar-refractivity contribution >= 4 is 5.91 Å². The van der Waals surface area contributed by atoms with Crippen molar-refractivity contribution in [3.05, 3.63) is 47.8 Å². The van der Waals surface area contributed by atoms with Crippen molar-refractivity contribution in [1.82, 2.24) is 20.3 Å². The Morgan fingerprint density at radius 1 is 1.17 bits per heavy atom. The van der Waals surface area contributed by atoms with E-state index in [1.165, 1.54) is 29.3 Å². The summed E-state index contributed by atoms with van der Waals surface area (Å²) in [6.07, 6.45) is -1.34. The number of halogens is 3. The zero-order valence-electron chi connectivity index (χ0n) is 12.7. The highest BCUT2D eigenvalue weighted by molar-refractivity contribution is 5.94. The molecule has 1 atom stereocenters. The Morgan fingerprint density at radius 3 is 2.22 bits per heavy atom. The molecule has 0 aliphatic heterocycles. The second-order valence-electron chi connectivity index (χ2n) is 5.48. The summed E-state index contributed by atoms with van der Waals surface area (Å²) in [7, 11) is 0. The van der Waals surface area contributed by atoms with Crippen LogP contribution in [0.25, 0.3) is 0 Å². The maximum atomic E-state index is 12.5. The lowest BCUT2D eigenvalue weighted by molar-refractivity contribution is -0.137. The molecule has 124 valence electrons. The smallest absolute Gasteiger partial charge is 0.347 e. The first-order chi connectivity index (χ1) is 10.8. The number of hydrogen-bond donors (Lipinski definition) is 1. The van der Waals surface area contributed by atoms with E-state index in [4.69, 9.17) is 0 Å². The van der Waals surface area contributed by atoms with Gasteiger partial charge in [-0.05, 0) is 30.2 Å². The number of rotatable bonds is 5. The fourth-order valence-electron chi connectivity index (χ4n) is 2.00. The summed E-state index contributed by atoms with van der Waals surface area (Å²) in [4.78, 5) is 13.7. The first-order valence-electron chi connectivity index (χ1n) is 7.09. The quantitative estimate of drug-likeness (QED) is 0.919. The Morgan fingerprint density at radius 2 is 1.74 bits per heavy atom. The van der Waals surface area contributed by atoms with Gasteiger partial charge in [0.2, 0.25) is 0 Å². The number of alkyl halides is 3. The minimum Gasteiger partial charge on any atom is -0.347 e. The van der Waals surface area contributed by atoms with Crippen LogP contribution < -0.4 is 5.32 Å². The fourth-order valence-corrected chi connectivity index (χ4v) is 2.00. The number of nitrogens with one attached hydrogen (secondary N) is 1. The Labute approximate surface area is 131 Å². The molecule has 0 saturated carbocycles. The van der Waals surface area contributed by atoms with E-state index in [0.29, 0.717) is 6.54 Å². The van der Waals surface area contributed by atoms with Crippen LogP contribution in [0.3, 0.4) is 0 Å². The minimum absolute atomic E-state index is 0.111. The molecule has 23 heavy (non-hydrogen) atoms. The summed E-state index contributed by atoms with van der Waals surface area (Å²) in [6, 6.07) is 3.89. The number of hydrogen-bond acceptors (Lipinski definition) is 3. The lowest BCUT2D eigenvalue weighted by Crippen LogP contribution is -2.42. The highest BCUT2D eigenvalue weighted by Crippen LogP contribution is 2.29. The molecule has 1 N–H and O–H groups in total. The van der Waals surface area contributed by atoms with Crippen LogP contribution in [0.5, 0.6) is 0 Å². The van der Waals surface area contributed by atoms with Crippen LogP contribution in [0, 0.1) is 5.92 Å². The van der Waals surface area contributed by atoms with Gasteiger partial charge in [-0.1, -0.05) is 13.8 Å². The molecule has 0 aliphatic carbocycles. The topological polar surface area (TPSA) is 59.8 Å². The minimum atomic E-state index is -4.42.